The minimum atomic E-state index is -0.832. The van der Waals surface area contributed by atoms with E-state index < -0.39 is 5.60 Å². The van der Waals surface area contributed by atoms with Crippen LogP contribution in [0.4, 0.5) is 5.69 Å². The van der Waals surface area contributed by atoms with Crippen LogP contribution in [0.15, 0.2) is 53.2 Å². The summed E-state index contributed by atoms with van der Waals surface area (Å²) in [6, 6.07) is 11.6. The summed E-state index contributed by atoms with van der Waals surface area (Å²) < 4.78 is 0. The Hall–Kier alpha value is -3.71. The van der Waals surface area contributed by atoms with Crippen LogP contribution in [0.2, 0.25) is 0 Å². The van der Waals surface area contributed by atoms with Crippen molar-refractivity contribution in [1.82, 2.24) is 9.80 Å². The topological polar surface area (TPSA) is 99.2 Å². The van der Waals surface area contributed by atoms with Crippen molar-refractivity contribution in [3.8, 4) is 11.1 Å². The van der Waals surface area contributed by atoms with Gasteiger partial charge >= 0.3 is 0 Å². The molecule has 0 fully saturated rings. The van der Waals surface area contributed by atoms with Crippen LogP contribution in [0.3, 0.4) is 0 Å². The Morgan fingerprint density at radius 2 is 1.74 bits per heavy atom. The molecule has 1 aliphatic rings. The summed E-state index contributed by atoms with van der Waals surface area (Å²) in [5.74, 6) is 0.419. The lowest BCUT2D eigenvalue weighted by molar-refractivity contribution is -0.127. The summed E-state index contributed by atoms with van der Waals surface area (Å²) in [5, 5.41) is 10.1. The highest BCUT2D eigenvalue weighted by Gasteiger charge is 2.21. The first kappa shape index (κ1) is 28.9. The second-order valence-electron chi connectivity index (χ2n) is 10.5. The molecule has 38 heavy (non-hydrogen) atoms. The first-order valence-corrected chi connectivity index (χ1v) is 13.2. The van der Waals surface area contributed by atoms with Crippen LogP contribution < -0.4 is 5.73 Å². The van der Waals surface area contributed by atoms with E-state index in [9.17, 15) is 14.7 Å². The minimum Gasteiger partial charge on any atom is -0.389 e. The van der Waals surface area contributed by atoms with Gasteiger partial charge in [0.15, 0.2) is 6.29 Å². The monoisotopic (exact) mass is 516 g/mol. The van der Waals surface area contributed by atoms with Crippen molar-refractivity contribution in [2.24, 2.45) is 10.7 Å². The van der Waals surface area contributed by atoms with Crippen LogP contribution in [0.25, 0.3) is 23.3 Å². The SMILES string of the molecule is CCCN(CCC)C(=O)C1=Cc2ccc(-c3ccc(C=O)c(/C=C\N(C)CC(C)(C)O)c3)cc2N=C(N)C1. The number of amidine groups is 1. The number of aldehydes is 1. The largest absolute Gasteiger partial charge is 0.389 e. The third kappa shape index (κ3) is 7.65. The molecule has 0 aromatic heterocycles. The number of hydrogen-bond acceptors (Lipinski definition) is 6. The number of hydrogen-bond donors (Lipinski definition) is 2. The Morgan fingerprint density at radius 3 is 2.37 bits per heavy atom. The highest BCUT2D eigenvalue weighted by molar-refractivity contribution is 6.05. The second kappa shape index (κ2) is 12.7. The molecular formula is C31H40N4O3. The summed E-state index contributed by atoms with van der Waals surface area (Å²) >= 11 is 0. The Labute approximate surface area is 226 Å². The number of nitrogens with zero attached hydrogens (tertiary/aromatic N) is 3. The zero-order valence-corrected chi connectivity index (χ0v) is 23.2. The van der Waals surface area contributed by atoms with E-state index in [1.165, 1.54) is 0 Å². The number of benzene rings is 2. The molecule has 1 amide bonds. The van der Waals surface area contributed by atoms with E-state index >= 15 is 0 Å². The van der Waals surface area contributed by atoms with Gasteiger partial charge in [-0.2, -0.15) is 0 Å². The molecule has 2 aromatic rings. The Kier molecular flexibility index (Phi) is 9.64. The van der Waals surface area contributed by atoms with E-state index in [4.69, 9.17) is 5.73 Å². The van der Waals surface area contributed by atoms with Crippen molar-refractivity contribution in [2.75, 3.05) is 26.7 Å². The third-order valence-electron chi connectivity index (χ3n) is 6.24. The molecule has 7 nitrogen and oxygen atoms in total. The summed E-state index contributed by atoms with van der Waals surface area (Å²) in [7, 11) is 1.88. The van der Waals surface area contributed by atoms with Crippen molar-refractivity contribution < 1.29 is 14.7 Å². The van der Waals surface area contributed by atoms with Gasteiger partial charge in [0.25, 0.3) is 0 Å². The molecule has 0 bridgehead atoms. The summed E-state index contributed by atoms with van der Waals surface area (Å²) in [5.41, 5.74) is 10.8. The third-order valence-corrected chi connectivity index (χ3v) is 6.24. The maximum absolute atomic E-state index is 13.3. The van der Waals surface area contributed by atoms with Crippen LogP contribution in [0, 0.1) is 0 Å². The van der Waals surface area contributed by atoms with Crippen molar-refractivity contribution in [3.05, 3.63) is 64.9 Å². The number of aliphatic imine (C=N–C) groups is 1. The van der Waals surface area contributed by atoms with Crippen molar-refractivity contribution in [2.45, 2.75) is 52.6 Å². The first-order chi connectivity index (χ1) is 18.0. The number of likely N-dealkylation sites (N-methyl/N-ethyl adjacent to an activating group) is 1. The predicted octanol–water partition coefficient (Wildman–Crippen LogP) is 5.26. The standard InChI is InChI=1S/C31H40N4O3/c1-6-13-35(14-7-2)30(37)27-17-25-10-8-23(18-28(25)33-29(32)19-27)22-9-11-26(20-36)24(16-22)12-15-34(5)21-31(3,4)38/h8-12,15-18,20,38H,6-7,13-14,19,21H2,1-5H3,(H2,32,33)/b15-12-. The van der Waals surface area contributed by atoms with Gasteiger partial charge in [-0.25, -0.2) is 4.99 Å². The van der Waals surface area contributed by atoms with E-state index in [2.05, 4.69) is 18.8 Å². The number of carbonyl (C=O) groups excluding carboxylic acids is 2. The molecule has 7 heteroatoms. The van der Waals surface area contributed by atoms with Gasteiger partial charge in [-0.05, 0) is 73.9 Å². The van der Waals surface area contributed by atoms with Crippen molar-refractivity contribution in [3.63, 3.8) is 0 Å². The van der Waals surface area contributed by atoms with Crippen LogP contribution in [-0.2, 0) is 4.79 Å². The van der Waals surface area contributed by atoms with Gasteiger partial charge in [0.05, 0.1) is 11.3 Å². The number of nitrogens with two attached hydrogens (primary N) is 1. The summed E-state index contributed by atoms with van der Waals surface area (Å²) in [4.78, 5) is 33.3. The van der Waals surface area contributed by atoms with Gasteiger partial charge in [0, 0.05) is 49.8 Å². The molecular weight excluding hydrogens is 476 g/mol. The zero-order chi connectivity index (χ0) is 27.9. The van der Waals surface area contributed by atoms with Crippen molar-refractivity contribution >= 4 is 35.9 Å². The summed E-state index contributed by atoms with van der Waals surface area (Å²) in [6.07, 6.45) is 8.59. The normalized spacial score (nSPS) is 13.4. The zero-order valence-electron chi connectivity index (χ0n) is 23.2. The molecule has 0 radical (unpaired) electrons. The molecule has 202 valence electrons. The molecule has 2 aromatic carbocycles. The fourth-order valence-corrected chi connectivity index (χ4v) is 4.64. The van der Waals surface area contributed by atoms with E-state index in [1.807, 2.05) is 65.5 Å². The quantitative estimate of drug-likeness (QED) is 0.397. The maximum atomic E-state index is 13.3. The predicted molar refractivity (Wildman–Crippen MR) is 156 cm³/mol. The van der Waals surface area contributed by atoms with Crippen LogP contribution in [0.5, 0.6) is 0 Å². The molecule has 3 rings (SSSR count). The van der Waals surface area contributed by atoms with E-state index in [0.29, 0.717) is 48.7 Å². The van der Waals surface area contributed by atoms with Gasteiger partial charge in [0.1, 0.15) is 5.84 Å². The van der Waals surface area contributed by atoms with Crippen LogP contribution in [-0.4, -0.2) is 65.2 Å². The minimum absolute atomic E-state index is 0.0132. The molecule has 0 spiro atoms. The van der Waals surface area contributed by atoms with E-state index in [1.54, 1.807) is 19.9 Å². The van der Waals surface area contributed by atoms with Gasteiger partial charge in [0.2, 0.25) is 5.91 Å². The lowest BCUT2D eigenvalue weighted by atomic mass is 9.97. The maximum Gasteiger partial charge on any atom is 0.250 e. The number of rotatable bonds is 11. The van der Waals surface area contributed by atoms with Gasteiger partial charge in [-0.1, -0.05) is 38.1 Å². The Morgan fingerprint density at radius 1 is 1.08 bits per heavy atom. The lowest BCUT2D eigenvalue weighted by Gasteiger charge is -2.24. The average molecular weight is 517 g/mol. The number of aliphatic hydroxyl groups is 1. The van der Waals surface area contributed by atoms with Crippen LogP contribution in [0.1, 0.15) is 68.4 Å². The molecule has 0 unspecified atom stereocenters. The molecule has 0 saturated carbocycles. The van der Waals surface area contributed by atoms with Gasteiger partial charge in [-0.15, -0.1) is 0 Å². The highest BCUT2D eigenvalue weighted by Crippen LogP contribution is 2.33. The molecule has 1 heterocycles. The first-order valence-electron chi connectivity index (χ1n) is 13.2. The average Bonchev–Trinajstić information content (AvgIpc) is 3.03. The van der Waals surface area contributed by atoms with E-state index in [0.717, 1.165) is 41.4 Å². The number of amides is 1. The second-order valence-corrected chi connectivity index (χ2v) is 10.5. The van der Waals surface area contributed by atoms with Gasteiger partial charge in [-0.3, -0.25) is 9.59 Å². The van der Waals surface area contributed by atoms with E-state index in [-0.39, 0.29) is 5.91 Å². The summed E-state index contributed by atoms with van der Waals surface area (Å²) in [6.45, 7) is 9.53. The lowest BCUT2D eigenvalue weighted by Crippen LogP contribution is -2.34. The molecule has 1 aliphatic heterocycles. The molecule has 0 atom stereocenters. The molecule has 0 saturated heterocycles. The fourth-order valence-electron chi connectivity index (χ4n) is 4.64. The van der Waals surface area contributed by atoms with Crippen LogP contribution >= 0.6 is 0 Å². The Bertz CT molecular complexity index is 1250. The number of carbonyl (C=O) groups is 2. The smallest absolute Gasteiger partial charge is 0.250 e. The molecule has 3 N–H and O–H groups in total. The number of fused-ring (bicyclic) bond motifs is 1. The van der Waals surface area contributed by atoms with Gasteiger partial charge < -0.3 is 20.6 Å². The fraction of sp³-hybridized carbons (Fsp3) is 0.387. The Balaban J connectivity index is 1.95. The highest BCUT2D eigenvalue weighted by atomic mass is 16.3. The molecule has 0 aliphatic carbocycles. The van der Waals surface area contributed by atoms with Crippen molar-refractivity contribution in [1.29, 1.82) is 0 Å².